The van der Waals surface area contributed by atoms with Gasteiger partial charge in [-0.05, 0) is 54.9 Å². The minimum atomic E-state index is -3.84. The summed E-state index contributed by atoms with van der Waals surface area (Å²) in [7, 11) is -3.84. The Morgan fingerprint density at radius 2 is 1.63 bits per heavy atom. The number of benzene rings is 1. The molecule has 2 aliphatic carbocycles. The lowest BCUT2D eigenvalue weighted by Crippen LogP contribution is -2.49. The number of likely N-dealkylation sites (tertiary alicyclic amines) is 1. The average Bonchev–Trinajstić information content (AvgIpc) is 3.33. The Labute approximate surface area is 175 Å². The average molecular weight is 432 g/mol. The number of fused-ring (bicyclic) bond motifs is 5. The molecular formula is C21H25N3O5S. The van der Waals surface area contributed by atoms with Crippen LogP contribution in [0.1, 0.15) is 26.7 Å². The number of nitrogens with zero attached hydrogens (tertiary/aromatic N) is 1. The fourth-order valence-electron chi connectivity index (χ4n) is 4.96. The number of nitrogens with two attached hydrogens (primary N) is 1. The van der Waals surface area contributed by atoms with Gasteiger partial charge in [0.05, 0.1) is 16.7 Å². The van der Waals surface area contributed by atoms with E-state index in [4.69, 9.17) is 5.14 Å². The van der Waals surface area contributed by atoms with Crippen molar-refractivity contribution < 1.29 is 22.8 Å². The Hall–Kier alpha value is -2.52. The minimum absolute atomic E-state index is 0.0695. The highest BCUT2D eigenvalue weighted by Crippen LogP contribution is 2.53. The zero-order chi connectivity index (χ0) is 21.8. The van der Waals surface area contributed by atoms with E-state index in [2.05, 4.69) is 5.32 Å². The van der Waals surface area contributed by atoms with Crippen molar-refractivity contribution in [2.24, 2.45) is 34.7 Å². The molecule has 3 amide bonds. The number of sulfonamides is 1. The van der Waals surface area contributed by atoms with Gasteiger partial charge in [-0.2, -0.15) is 0 Å². The molecule has 3 aliphatic rings. The number of primary sulfonamides is 1. The van der Waals surface area contributed by atoms with Crippen molar-refractivity contribution in [2.75, 3.05) is 5.32 Å². The number of anilines is 1. The Morgan fingerprint density at radius 1 is 1.10 bits per heavy atom. The molecule has 4 rings (SSSR count). The zero-order valence-corrected chi connectivity index (χ0v) is 17.6. The van der Waals surface area contributed by atoms with E-state index < -0.39 is 22.0 Å². The molecule has 8 nitrogen and oxygen atoms in total. The third kappa shape index (κ3) is 3.45. The number of amides is 3. The standard InChI is InChI=1S/C21H25N3O5S/c1-11(2)9-16(19(25)23-14-5-7-15(8-6-14)30(22,28)29)24-20(26)17-12-3-4-13(10-12)18(17)21(24)27/h3-8,11-13,16-18H,9-10H2,1-2H3,(H,23,25)(H2,22,28,29). The fraction of sp³-hybridized carbons (Fsp3) is 0.476. The topological polar surface area (TPSA) is 127 Å². The lowest BCUT2D eigenvalue weighted by Gasteiger charge is -2.28. The first-order valence-corrected chi connectivity index (χ1v) is 11.6. The van der Waals surface area contributed by atoms with E-state index in [1.165, 1.54) is 29.2 Å². The molecule has 0 aromatic heterocycles. The van der Waals surface area contributed by atoms with Crippen LogP contribution in [0.4, 0.5) is 5.69 Å². The summed E-state index contributed by atoms with van der Waals surface area (Å²) >= 11 is 0. The molecule has 160 valence electrons. The molecule has 0 radical (unpaired) electrons. The molecule has 1 saturated heterocycles. The summed E-state index contributed by atoms with van der Waals surface area (Å²) in [6.07, 6.45) is 5.22. The van der Waals surface area contributed by atoms with Gasteiger partial charge in [0, 0.05) is 5.69 Å². The Bertz CT molecular complexity index is 1000. The second-order valence-corrected chi connectivity index (χ2v) is 10.3. The maximum absolute atomic E-state index is 13.1. The number of allylic oxidation sites excluding steroid dienone is 2. The molecule has 30 heavy (non-hydrogen) atoms. The van der Waals surface area contributed by atoms with Crippen molar-refractivity contribution >= 4 is 33.4 Å². The molecule has 2 fully saturated rings. The molecule has 0 spiro atoms. The SMILES string of the molecule is CC(C)CC(C(=O)Nc1ccc(S(N)(=O)=O)cc1)N1C(=O)C2C3C=CC(C3)C2C1=O. The summed E-state index contributed by atoms with van der Waals surface area (Å²) in [5, 5.41) is 7.81. The van der Waals surface area contributed by atoms with Crippen molar-refractivity contribution in [3.05, 3.63) is 36.4 Å². The van der Waals surface area contributed by atoms with E-state index in [1.807, 2.05) is 26.0 Å². The maximum atomic E-state index is 13.1. The Kier molecular flexibility index (Phi) is 5.06. The van der Waals surface area contributed by atoms with Crippen LogP contribution in [0, 0.1) is 29.6 Å². The molecule has 1 aromatic rings. The van der Waals surface area contributed by atoms with Crippen molar-refractivity contribution in [3.8, 4) is 0 Å². The van der Waals surface area contributed by atoms with Crippen molar-refractivity contribution in [2.45, 2.75) is 37.6 Å². The van der Waals surface area contributed by atoms with E-state index in [0.29, 0.717) is 12.1 Å². The number of hydrogen-bond acceptors (Lipinski definition) is 5. The number of imide groups is 1. The molecule has 1 aromatic carbocycles. The normalized spacial score (nSPS) is 28.3. The van der Waals surface area contributed by atoms with Crippen LogP contribution in [0.5, 0.6) is 0 Å². The van der Waals surface area contributed by atoms with Gasteiger partial charge in [-0.3, -0.25) is 19.3 Å². The van der Waals surface area contributed by atoms with Crippen molar-refractivity contribution in [3.63, 3.8) is 0 Å². The van der Waals surface area contributed by atoms with Crippen molar-refractivity contribution in [1.82, 2.24) is 4.90 Å². The first-order valence-electron chi connectivity index (χ1n) is 10.1. The second kappa shape index (κ2) is 7.31. The first kappa shape index (κ1) is 20.7. The lowest BCUT2D eigenvalue weighted by atomic mass is 9.85. The molecule has 1 heterocycles. The van der Waals surface area contributed by atoms with Gasteiger partial charge in [0.25, 0.3) is 0 Å². The summed E-state index contributed by atoms with van der Waals surface area (Å²) in [6.45, 7) is 3.86. The number of carbonyl (C=O) groups is 3. The number of hydrogen-bond donors (Lipinski definition) is 2. The molecule has 5 unspecified atom stereocenters. The smallest absolute Gasteiger partial charge is 0.247 e. The number of carbonyl (C=O) groups excluding carboxylic acids is 3. The molecular weight excluding hydrogens is 406 g/mol. The highest BCUT2D eigenvalue weighted by atomic mass is 32.2. The van der Waals surface area contributed by atoms with Crippen LogP contribution in [0.3, 0.4) is 0 Å². The third-order valence-electron chi connectivity index (χ3n) is 6.26. The van der Waals surface area contributed by atoms with E-state index in [1.54, 1.807) is 0 Å². The molecule has 3 N–H and O–H groups in total. The van der Waals surface area contributed by atoms with Gasteiger partial charge in [0.2, 0.25) is 27.7 Å². The first-order chi connectivity index (χ1) is 14.1. The van der Waals surface area contributed by atoms with E-state index in [-0.39, 0.29) is 46.3 Å². The summed E-state index contributed by atoms with van der Waals surface area (Å²) in [5.41, 5.74) is 0.363. The monoisotopic (exact) mass is 431 g/mol. The van der Waals surface area contributed by atoms with Crippen LogP contribution in [-0.4, -0.2) is 37.1 Å². The van der Waals surface area contributed by atoms with Crippen LogP contribution >= 0.6 is 0 Å². The highest BCUT2D eigenvalue weighted by Gasteiger charge is 2.61. The molecule has 1 saturated carbocycles. The van der Waals surface area contributed by atoms with Gasteiger partial charge in [0.15, 0.2) is 0 Å². The quantitative estimate of drug-likeness (QED) is 0.521. The molecule has 9 heteroatoms. The van der Waals surface area contributed by atoms with Crippen LogP contribution in [0.2, 0.25) is 0 Å². The van der Waals surface area contributed by atoms with Gasteiger partial charge in [0.1, 0.15) is 6.04 Å². The van der Waals surface area contributed by atoms with Gasteiger partial charge in [-0.25, -0.2) is 13.6 Å². The second-order valence-electron chi connectivity index (χ2n) is 8.75. The van der Waals surface area contributed by atoms with E-state index in [9.17, 15) is 22.8 Å². The maximum Gasteiger partial charge on any atom is 0.247 e. The Morgan fingerprint density at radius 3 is 2.10 bits per heavy atom. The largest absolute Gasteiger partial charge is 0.324 e. The molecule has 5 atom stereocenters. The fourth-order valence-corrected chi connectivity index (χ4v) is 5.48. The predicted molar refractivity (Wildman–Crippen MR) is 109 cm³/mol. The lowest BCUT2D eigenvalue weighted by molar-refractivity contribution is -0.147. The van der Waals surface area contributed by atoms with E-state index in [0.717, 1.165) is 6.42 Å². The van der Waals surface area contributed by atoms with Crippen LogP contribution < -0.4 is 10.5 Å². The summed E-state index contributed by atoms with van der Waals surface area (Å²) < 4.78 is 22.8. The summed E-state index contributed by atoms with van der Waals surface area (Å²) in [5.74, 6) is -1.45. The summed E-state index contributed by atoms with van der Waals surface area (Å²) in [6, 6.07) is 4.53. The van der Waals surface area contributed by atoms with Crippen LogP contribution in [0.15, 0.2) is 41.3 Å². The minimum Gasteiger partial charge on any atom is -0.324 e. The number of rotatable bonds is 6. The molecule has 2 bridgehead atoms. The van der Waals surface area contributed by atoms with Gasteiger partial charge in [-0.15, -0.1) is 0 Å². The van der Waals surface area contributed by atoms with Crippen LogP contribution in [0.25, 0.3) is 0 Å². The highest BCUT2D eigenvalue weighted by molar-refractivity contribution is 7.89. The van der Waals surface area contributed by atoms with Crippen molar-refractivity contribution in [1.29, 1.82) is 0 Å². The van der Waals surface area contributed by atoms with E-state index >= 15 is 0 Å². The molecule has 1 aliphatic heterocycles. The predicted octanol–water partition coefficient (Wildman–Crippen LogP) is 1.49. The Balaban J connectivity index is 1.56. The van der Waals surface area contributed by atoms with Gasteiger partial charge < -0.3 is 5.32 Å². The van der Waals surface area contributed by atoms with Crippen LogP contribution in [-0.2, 0) is 24.4 Å². The number of nitrogens with one attached hydrogen (secondary N) is 1. The third-order valence-corrected chi connectivity index (χ3v) is 7.19. The zero-order valence-electron chi connectivity index (χ0n) is 16.8. The summed E-state index contributed by atoms with van der Waals surface area (Å²) in [4.78, 5) is 40.5. The van der Waals surface area contributed by atoms with Gasteiger partial charge in [-0.1, -0.05) is 26.0 Å². The van der Waals surface area contributed by atoms with Gasteiger partial charge >= 0.3 is 0 Å².